The van der Waals surface area contributed by atoms with Gasteiger partial charge in [0, 0.05) is 5.56 Å². The average molecular weight is 334 g/mol. The number of para-hydroxylation sites is 1. The van der Waals surface area contributed by atoms with Gasteiger partial charge in [-0.2, -0.15) is 0 Å². The second-order valence-corrected chi connectivity index (χ2v) is 5.52. The smallest absolute Gasteiger partial charge is 0.354 e. The van der Waals surface area contributed by atoms with Crippen LogP contribution in [0.15, 0.2) is 30.3 Å². The first-order chi connectivity index (χ1) is 11.2. The minimum Gasteiger partial charge on any atom is -0.434 e. The molecule has 0 bridgehead atoms. The van der Waals surface area contributed by atoms with Crippen LogP contribution in [0.1, 0.15) is 24.1 Å². The van der Waals surface area contributed by atoms with E-state index < -0.39 is 4.92 Å². The Morgan fingerprint density at radius 3 is 2.70 bits per heavy atom. The summed E-state index contributed by atoms with van der Waals surface area (Å²) in [6, 6.07) is 9.01. The van der Waals surface area contributed by atoms with Crippen LogP contribution in [0.2, 0.25) is 0 Å². The van der Waals surface area contributed by atoms with Gasteiger partial charge in [0.2, 0.25) is 0 Å². The van der Waals surface area contributed by atoms with Crippen LogP contribution in [-0.2, 0) is 12.8 Å². The van der Waals surface area contributed by atoms with Gasteiger partial charge in [0.1, 0.15) is 11.4 Å². The number of ether oxygens (including phenoxy) is 1. The molecule has 0 saturated carbocycles. The highest BCUT2D eigenvalue weighted by Gasteiger charge is 2.30. The van der Waals surface area contributed by atoms with Gasteiger partial charge in [-0.25, -0.2) is 4.98 Å². The first-order valence-corrected chi connectivity index (χ1v) is 7.97. The van der Waals surface area contributed by atoms with Crippen molar-refractivity contribution >= 4 is 23.0 Å². The second-order valence-electron chi connectivity index (χ2n) is 5.26. The number of hydrogen-bond acceptors (Lipinski definition) is 5. The number of pyridine rings is 1. The molecule has 0 fully saturated rings. The molecule has 1 aromatic heterocycles. The Morgan fingerprint density at radius 1 is 1.26 bits per heavy atom. The van der Waals surface area contributed by atoms with Gasteiger partial charge in [0.15, 0.2) is 0 Å². The van der Waals surface area contributed by atoms with Gasteiger partial charge in [-0.05, 0) is 37.8 Å². The van der Waals surface area contributed by atoms with Crippen molar-refractivity contribution in [1.29, 1.82) is 0 Å². The van der Waals surface area contributed by atoms with E-state index in [0.717, 1.165) is 36.9 Å². The Bertz CT molecular complexity index is 722. The Balaban J connectivity index is 2.13. The molecule has 0 radical (unpaired) electrons. The maximum Gasteiger partial charge on any atom is 0.354 e. The predicted molar refractivity (Wildman–Crippen MR) is 88.4 cm³/mol. The van der Waals surface area contributed by atoms with Gasteiger partial charge < -0.3 is 10.1 Å². The molecule has 0 amide bonds. The van der Waals surface area contributed by atoms with Crippen LogP contribution in [0.25, 0.3) is 0 Å². The molecule has 1 heterocycles. The summed E-state index contributed by atoms with van der Waals surface area (Å²) < 4.78 is 5.69. The number of nitro groups is 1. The molecule has 1 aromatic carbocycles. The monoisotopic (exact) mass is 333 g/mol. The number of rotatable bonds is 5. The highest BCUT2D eigenvalue weighted by molar-refractivity contribution is 6.18. The number of alkyl halides is 1. The first kappa shape index (κ1) is 15.6. The molecule has 0 saturated heterocycles. The Kier molecular flexibility index (Phi) is 4.62. The largest absolute Gasteiger partial charge is 0.434 e. The molecule has 2 aromatic rings. The molecule has 3 rings (SSSR count). The van der Waals surface area contributed by atoms with Crippen LogP contribution in [0, 0.1) is 10.1 Å². The number of aryl methyl sites for hydroxylation is 1. The Hall–Kier alpha value is -2.34. The summed E-state index contributed by atoms with van der Waals surface area (Å²) in [5, 5.41) is 14.5. The summed E-state index contributed by atoms with van der Waals surface area (Å²) in [6.45, 7) is 0. The zero-order valence-electron chi connectivity index (χ0n) is 12.4. The normalized spacial score (nSPS) is 13.3. The van der Waals surface area contributed by atoms with E-state index in [2.05, 4.69) is 10.3 Å². The van der Waals surface area contributed by atoms with Gasteiger partial charge in [-0.3, -0.25) is 10.1 Å². The fourth-order valence-corrected chi connectivity index (χ4v) is 2.94. The van der Waals surface area contributed by atoms with E-state index >= 15 is 0 Å². The van der Waals surface area contributed by atoms with Crippen molar-refractivity contribution in [2.24, 2.45) is 0 Å². The highest BCUT2D eigenvalue weighted by atomic mass is 35.5. The number of fused-ring (bicyclic) bond motifs is 1. The molecular weight excluding hydrogens is 318 g/mol. The standard InChI is InChI=1S/C16H16ClN3O3/c17-10-18-14-12-8-4-5-9-13(12)19-16(15(14)20(21)22)23-11-6-2-1-3-7-11/h1-3,6-7H,4-5,8-10H2,(H,18,19). The van der Waals surface area contributed by atoms with Gasteiger partial charge in [-0.1, -0.05) is 18.2 Å². The molecule has 1 N–H and O–H groups in total. The summed E-state index contributed by atoms with van der Waals surface area (Å²) in [5.41, 5.74) is 2.00. The van der Waals surface area contributed by atoms with Gasteiger partial charge in [0.05, 0.1) is 16.6 Å². The lowest BCUT2D eigenvalue weighted by Gasteiger charge is -2.20. The van der Waals surface area contributed by atoms with Gasteiger partial charge in [-0.15, -0.1) is 11.6 Å². The fourth-order valence-electron chi connectivity index (χ4n) is 2.81. The van der Waals surface area contributed by atoms with Crippen molar-refractivity contribution < 1.29 is 9.66 Å². The number of nitrogens with one attached hydrogen (secondary N) is 1. The van der Waals surface area contributed by atoms with Crippen LogP contribution < -0.4 is 10.1 Å². The number of hydrogen-bond donors (Lipinski definition) is 1. The summed E-state index contributed by atoms with van der Waals surface area (Å²) in [4.78, 5) is 15.6. The van der Waals surface area contributed by atoms with E-state index in [-0.39, 0.29) is 17.6 Å². The second kappa shape index (κ2) is 6.83. The molecule has 1 aliphatic carbocycles. The zero-order valence-corrected chi connectivity index (χ0v) is 13.2. The molecule has 0 spiro atoms. The quantitative estimate of drug-likeness (QED) is 0.382. The van der Waals surface area contributed by atoms with Crippen LogP contribution in [0.3, 0.4) is 0 Å². The van der Waals surface area contributed by atoms with Gasteiger partial charge in [0.25, 0.3) is 0 Å². The lowest BCUT2D eigenvalue weighted by atomic mass is 9.94. The highest BCUT2D eigenvalue weighted by Crippen LogP contribution is 2.41. The summed E-state index contributed by atoms with van der Waals surface area (Å²) in [5.74, 6) is 0.519. The molecule has 7 heteroatoms. The van der Waals surface area contributed by atoms with E-state index in [1.807, 2.05) is 6.07 Å². The van der Waals surface area contributed by atoms with Crippen LogP contribution in [0.5, 0.6) is 11.6 Å². The van der Waals surface area contributed by atoms with E-state index in [1.165, 1.54) is 0 Å². The summed E-state index contributed by atoms with van der Waals surface area (Å²) in [7, 11) is 0. The van der Waals surface area contributed by atoms with Gasteiger partial charge >= 0.3 is 11.6 Å². The van der Waals surface area contributed by atoms with E-state index in [4.69, 9.17) is 16.3 Å². The van der Waals surface area contributed by atoms with Crippen molar-refractivity contribution in [3.8, 4) is 11.6 Å². The van der Waals surface area contributed by atoms with Crippen molar-refractivity contribution in [3.05, 3.63) is 51.7 Å². The third-order valence-corrected chi connectivity index (χ3v) is 3.93. The number of anilines is 1. The zero-order chi connectivity index (χ0) is 16.2. The van der Waals surface area contributed by atoms with Crippen LogP contribution in [0.4, 0.5) is 11.4 Å². The van der Waals surface area contributed by atoms with Crippen LogP contribution >= 0.6 is 11.6 Å². The first-order valence-electron chi connectivity index (χ1n) is 7.43. The number of nitrogens with zero attached hydrogens (tertiary/aromatic N) is 2. The Labute approximate surface area is 138 Å². The summed E-state index contributed by atoms with van der Waals surface area (Å²) in [6.07, 6.45) is 3.55. The number of halogens is 1. The molecule has 0 atom stereocenters. The fraction of sp³-hybridized carbons (Fsp3) is 0.312. The minimum atomic E-state index is -0.463. The maximum absolute atomic E-state index is 11.6. The lowest BCUT2D eigenvalue weighted by Crippen LogP contribution is -2.13. The average Bonchev–Trinajstić information content (AvgIpc) is 2.55. The van der Waals surface area contributed by atoms with E-state index in [9.17, 15) is 10.1 Å². The van der Waals surface area contributed by atoms with E-state index in [1.54, 1.807) is 24.3 Å². The predicted octanol–water partition coefficient (Wildman–Crippen LogP) is 4.27. The minimum absolute atomic E-state index is 0.00877. The number of benzene rings is 1. The third-order valence-electron chi connectivity index (χ3n) is 3.80. The van der Waals surface area contributed by atoms with Crippen molar-refractivity contribution in [2.75, 3.05) is 11.3 Å². The molecule has 0 unspecified atom stereocenters. The van der Waals surface area contributed by atoms with Crippen molar-refractivity contribution in [3.63, 3.8) is 0 Å². The Morgan fingerprint density at radius 2 is 2.00 bits per heavy atom. The maximum atomic E-state index is 11.6. The molecule has 120 valence electrons. The molecular formula is C16H16ClN3O3. The lowest BCUT2D eigenvalue weighted by molar-refractivity contribution is -0.385. The molecule has 23 heavy (non-hydrogen) atoms. The third kappa shape index (κ3) is 3.22. The van der Waals surface area contributed by atoms with Crippen LogP contribution in [-0.4, -0.2) is 15.9 Å². The van der Waals surface area contributed by atoms with Crippen molar-refractivity contribution in [1.82, 2.24) is 4.98 Å². The van der Waals surface area contributed by atoms with E-state index in [0.29, 0.717) is 11.4 Å². The summed E-state index contributed by atoms with van der Waals surface area (Å²) >= 11 is 5.77. The topological polar surface area (TPSA) is 77.3 Å². The SMILES string of the molecule is O=[N+]([O-])c1c(Oc2ccccc2)nc2c(c1NCCl)CCCC2. The number of aromatic nitrogens is 1. The molecule has 6 nitrogen and oxygen atoms in total. The molecule has 0 aliphatic heterocycles. The van der Waals surface area contributed by atoms with Crippen molar-refractivity contribution in [2.45, 2.75) is 25.7 Å². The molecule has 1 aliphatic rings.